The number of aliphatic carboxylic acids is 1. The molecule has 0 aliphatic rings. The lowest BCUT2D eigenvalue weighted by Crippen LogP contribution is -2.03. The highest BCUT2D eigenvalue weighted by Gasteiger charge is 2.00. The minimum atomic E-state index is -1.01. The summed E-state index contributed by atoms with van der Waals surface area (Å²) in [6, 6.07) is 16.0. The van der Waals surface area contributed by atoms with Crippen molar-refractivity contribution in [3.05, 3.63) is 77.9 Å². The van der Waals surface area contributed by atoms with Crippen LogP contribution in [0.1, 0.15) is 11.1 Å². The highest BCUT2D eigenvalue weighted by molar-refractivity contribution is 5.88. The van der Waals surface area contributed by atoms with E-state index in [-0.39, 0.29) is 0 Å². The van der Waals surface area contributed by atoms with Crippen molar-refractivity contribution in [1.29, 1.82) is 0 Å². The Hall–Kier alpha value is -3.14. The van der Waals surface area contributed by atoms with Gasteiger partial charge in [0.15, 0.2) is 0 Å². The van der Waals surface area contributed by atoms with Gasteiger partial charge in [0, 0.05) is 12.2 Å². The van der Waals surface area contributed by atoms with E-state index in [1.807, 2.05) is 30.3 Å². The van der Waals surface area contributed by atoms with Crippen LogP contribution in [0.25, 0.3) is 12.2 Å². The van der Waals surface area contributed by atoms with E-state index < -0.39 is 11.9 Å². The maximum Gasteiger partial charge on any atom is 0.336 e. The number of esters is 1. The fourth-order valence-corrected chi connectivity index (χ4v) is 1.69. The summed E-state index contributed by atoms with van der Waals surface area (Å²) in [5.74, 6) is -1.09. The monoisotopic (exact) mass is 294 g/mol. The predicted octanol–water partition coefficient (Wildman–Crippen LogP) is 3.40. The SMILES string of the molecule is O=C(O)/C=C/c1ccc(OC(=O)/C=C/c2ccccc2)cc1. The first-order valence-corrected chi connectivity index (χ1v) is 6.59. The van der Waals surface area contributed by atoms with Crippen LogP contribution in [-0.4, -0.2) is 17.0 Å². The van der Waals surface area contributed by atoms with E-state index in [1.165, 1.54) is 12.2 Å². The number of ether oxygens (including phenoxy) is 1. The van der Waals surface area contributed by atoms with Crippen LogP contribution in [-0.2, 0) is 9.59 Å². The number of carboxylic acid groups (broad SMARTS) is 1. The van der Waals surface area contributed by atoms with E-state index in [0.717, 1.165) is 11.6 Å². The molecule has 0 saturated carbocycles. The van der Waals surface area contributed by atoms with E-state index in [9.17, 15) is 9.59 Å². The summed E-state index contributed by atoms with van der Waals surface area (Å²) < 4.78 is 5.15. The van der Waals surface area contributed by atoms with Gasteiger partial charge in [-0.2, -0.15) is 0 Å². The number of hydrogen-bond acceptors (Lipinski definition) is 3. The van der Waals surface area contributed by atoms with Gasteiger partial charge in [-0.15, -0.1) is 0 Å². The van der Waals surface area contributed by atoms with Gasteiger partial charge in [-0.3, -0.25) is 0 Å². The fourth-order valence-electron chi connectivity index (χ4n) is 1.69. The number of carboxylic acids is 1. The van der Waals surface area contributed by atoms with Gasteiger partial charge in [0.05, 0.1) is 0 Å². The summed E-state index contributed by atoms with van der Waals surface area (Å²) in [6.45, 7) is 0. The second-order valence-corrected chi connectivity index (χ2v) is 4.41. The Kier molecular flexibility index (Phi) is 5.26. The molecular formula is C18H14O4. The van der Waals surface area contributed by atoms with Gasteiger partial charge in [-0.25, -0.2) is 9.59 Å². The second-order valence-electron chi connectivity index (χ2n) is 4.41. The Bertz CT molecular complexity index is 698. The highest BCUT2D eigenvalue weighted by Crippen LogP contribution is 2.14. The summed E-state index contributed by atoms with van der Waals surface area (Å²) in [5, 5.41) is 8.54. The van der Waals surface area contributed by atoms with Crippen LogP contribution >= 0.6 is 0 Å². The van der Waals surface area contributed by atoms with Crippen LogP contribution in [0.3, 0.4) is 0 Å². The highest BCUT2D eigenvalue weighted by atomic mass is 16.5. The molecule has 4 heteroatoms. The first-order chi connectivity index (χ1) is 10.6. The molecular weight excluding hydrogens is 280 g/mol. The quantitative estimate of drug-likeness (QED) is 0.521. The van der Waals surface area contributed by atoms with Gasteiger partial charge >= 0.3 is 11.9 Å². The molecule has 0 saturated heterocycles. The first-order valence-electron chi connectivity index (χ1n) is 6.59. The van der Waals surface area contributed by atoms with Crippen LogP contribution in [0.15, 0.2) is 66.7 Å². The molecule has 0 heterocycles. The van der Waals surface area contributed by atoms with Crippen molar-refractivity contribution in [1.82, 2.24) is 0 Å². The van der Waals surface area contributed by atoms with E-state index in [4.69, 9.17) is 9.84 Å². The van der Waals surface area contributed by atoms with E-state index in [0.29, 0.717) is 11.3 Å². The van der Waals surface area contributed by atoms with Gasteiger partial charge < -0.3 is 9.84 Å². The van der Waals surface area contributed by atoms with E-state index in [2.05, 4.69) is 0 Å². The number of hydrogen-bond donors (Lipinski definition) is 1. The van der Waals surface area contributed by atoms with Crippen molar-refractivity contribution in [2.45, 2.75) is 0 Å². The summed E-state index contributed by atoms with van der Waals surface area (Å²) in [7, 11) is 0. The van der Waals surface area contributed by atoms with Crippen LogP contribution in [0.2, 0.25) is 0 Å². The van der Waals surface area contributed by atoms with Crippen LogP contribution < -0.4 is 4.74 Å². The van der Waals surface area contributed by atoms with Crippen molar-refractivity contribution in [2.24, 2.45) is 0 Å². The molecule has 0 amide bonds. The van der Waals surface area contributed by atoms with E-state index in [1.54, 1.807) is 30.3 Å². The van der Waals surface area contributed by atoms with Gasteiger partial charge in [-0.05, 0) is 35.4 Å². The predicted molar refractivity (Wildman–Crippen MR) is 84.2 cm³/mol. The third kappa shape index (κ3) is 5.09. The van der Waals surface area contributed by atoms with Crippen molar-refractivity contribution < 1.29 is 19.4 Å². The largest absolute Gasteiger partial charge is 0.478 e. The number of benzene rings is 2. The zero-order chi connectivity index (χ0) is 15.8. The minimum Gasteiger partial charge on any atom is -0.478 e. The van der Waals surface area contributed by atoms with Crippen molar-refractivity contribution >= 4 is 24.1 Å². The Balaban J connectivity index is 1.94. The Morgan fingerprint density at radius 2 is 1.41 bits per heavy atom. The number of carbonyl (C=O) groups excluding carboxylic acids is 1. The lowest BCUT2D eigenvalue weighted by Gasteiger charge is -2.01. The Morgan fingerprint density at radius 3 is 2.05 bits per heavy atom. The molecule has 0 aromatic heterocycles. The smallest absolute Gasteiger partial charge is 0.336 e. The summed E-state index contributed by atoms with van der Waals surface area (Å²) >= 11 is 0. The third-order valence-corrected chi connectivity index (χ3v) is 2.73. The molecule has 0 atom stereocenters. The molecule has 0 radical (unpaired) electrons. The molecule has 110 valence electrons. The summed E-state index contributed by atoms with van der Waals surface area (Å²) in [5.41, 5.74) is 1.62. The number of rotatable bonds is 5. The Morgan fingerprint density at radius 1 is 0.818 bits per heavy atom. The lowest BCUT2D eigenvalue weighted by molar-refractivity contribution is -0.131. The Labute approximate surface area is 128 Å². The third-order valence-electron chi connectivity index (χ3n) is 2.73. The molecule has 0 aliphatic heterocycles. The van der Waals surface area contributed by atoms with Crippen LogP contribution in [0, 0.1) is 0 Å². The molecule has 0 bridgehead atoms. The molecule has 2 aromatic carbocycles. The average Bonchev–Trinajstić information content (AvgIpc) is 2.53. The average molecular weight is 294 g/mol. The normalized spacial score (nSPS) is 10.9. The van der Waals surface area contributed by atoms with Gasteiger partial charge in [0.2, 0.25) is 0 Å². The van der Waals surface area contributed by atoms with Gasteiger partial charge in [0.25, 0.3) is 0 Å². The maximum absolute atomic E-state index is 11.7. The zero-order valence-corrected chi connectivity index (χ0v) is 11.7. The molecule has 0 unspecified atom stereocenters. The van der Waals surface area contributed by atoms with Crippen molar-refractivity contribution in [3.63, 3.8) is 0 Å². The molecule has 0 spiro atoms. The lowest BCUT2D eigenvalue weighted by atomic mass is 10.2. The fraction of sp³-hybridized carbons (Fsp3) is 0. The molecule has 0 fully saturated rings. The molecule has 4 nitrogen and oxygen atoms in total. The number of carbonyl (C=O) groups is 2. The van der Waals surface area contributed by atoms with Gasteiger partial charge in [0.1, 0.15) is 5.75 Å². The van der Waals surface area contributed by atoms with Crippen LogP contribution in [0.5, 0.6) is 5.75 Å². The topological polar surface area (TPSA) is 63.6 Å². The van der Waals surface area contributed by atoms with Gasteiger partial charge in [-0.1, -0.05) is 42.5 Å². The zero-order valence-electron chi connectivity index (χ0n) is 11.7. The molecule has 1 N–H and O–H groups in total. The minimum absolute atomic E-state index is 0.398. The first kappa shape index (κ1) is 15.3. The van der Waals surface area contributed by atoms with Crippen LogP contribution in [0.4, 0.5) is 0 Å². The standard InChI is InChI=1S/C18H14O4/c19-17(20)12-8-15-6-10-16(11-7-15)22-18(21)13-9-14-4-2-1-3-5-14/h1-13H,(H,19,20)/b12-8+,13-9+. The summed E-state index contributed by atoms with van der Waals surface area (Å²) in [6.07, 6.45) is 5.53. The maximum atomic E-state index is 11.7. The van der Waals surface area contributed by atoms with Crippen molar-refractivity contribution in [2.75, 3.05) is 0 Å². The molecule has 0 aliphatic carbocycles. The molecule has 22 heavy (non-hydrogen) atoms. The summed E-state index contributed by atoms with van der Waals surface area (Å²) in [4.78, 5) is 22.1. The molecule has 2 aromatic rings. The van der Waals surface area contributed by atoms with E-state index >= 15 is 0 Å². The van der Waals surface area contributed by atoms with Crippen molar-refractivity contribution in [3.8, 4) is 5.75 Å². The molecule has 2 rings (SSSR count). The second kappa shape index (κ2) is 7.59.